The molecule has 0 saturated heterocycles. The Kier molecular flexibility index (Phi) is 9.99. The zero-order valence-electron chi connectivity index (χ0n) is 16.6. The van der Waals surface area contributed by atoms with Gasteiger partial charge in [0.05, 0.1) is 11.6 Å². The van der Waals surface area contributed by atoms with E-state index in [1.807, 2.05) is 20.8 Å². The minimum Gasteiger partial charge on any atom is -0.487 e. The van der Waals surface area contributed by atoms with E-state index in [1.54, 1.807) is 25.3 Å². The maximum absolute atomic E-state index is 12.8. The fourth-order valence-electron chi connectivity index (χ4n) is 2.52. The number of hydrogen-bond donors (Lipinski definition) is 1. The third-order valence-electron chi connectivity index (χ3n) is 4.03. The molecule has 0 aliphatic rings. The van der Waals surface area contributed by atoms with Gasteiger partial charge in [0.2, 0.25) is 0 Å². The van der Waals surface area contributed by atoms with E-state index in [9.17, 15) is 4.79 Å². The molecular weight excluding hydrogens is 354 g/mol. The van der Waals surface area contributed by atoms with Gasteiger partial charge in [-0.1, -0.05) is 38.3 Å². The molecular formula is C20H32ClNO4. The second kappa shape index (κ2) is 11.4. The quantitative estimate of drug-likeness (QED) is 0.545. The molecule has 0 aromatic heterocycles. The standard InChI is InChI=1S/C20H32ClNO4/c1-6-8-11-20(4,25-12-7-2)19(23)22-16-9-10-18(17(21)13-16)26-15(3)14-24-5/h9-10,13,15H,6-8,11-12,14H2,1-5H3,(H,22,23)/t15-,20-/m0/s1. The number of benzene rings is 1. The smallest absolute Gasteiger partial charge is 0.256 e. The van der Waals surface area contributed by atoms with Crippen LogP contribution in [0, 0.1) is 0 Å². The van der Waals surface area contributed by atoms with E-state index < -0.39 is 5.60 Å². The number of carbonyl (C=O) groups excluding carboxylic acids is 1. The number of nitrogens with one attached hydrogen (secondary N) is 1. The van der Waals surface area contributed by atoms with Gasteiger partial charge in [-0.3, -0.25) is 4.79 Å². The fourth-order valence-corrected chi connectivity index (χ4v) is 2.74. The van der Waals surface area contributed by atoms with Crippen molar-refractivity contribution in [1.29, 1.82) is 0 Å². The topological polar surface area (TPSA) is 56.8 Å². The molecule has 0 heterocycles. The molecule has 0 saturated carbocycles. The van der Waals surface area contributed by atoms with Crippen molar-refractivity contribution in [2.24, 2.45) is 0 Å². The fraction of sp³-hybridized carbons (Fsp3) is 0.650. The number of halogens is 1. The van der Waals surface area contributed by atoms with Crippen LogP contribution >= 0.6 is 11.6 Å². The first-order chi connectivity index (χ1) is 12.4. The van der Waals surface area contributed by atoms with E-state index in [1.165, 1.54) is 0 Å². The van der Waals surface area contributed by atoms with Gasteiger partial charge in [-0.25, -0.2) is 0 Å². The first kappa shape index (κ1) is 22.7. The Bertz CT molecular complexity index is 557. The Morgan fingerprint density at radius 2 is 2.04 bits per heavy atom. The summed E-state index contributed by atoms with van der Waals surface area (Å²) in [7, 11) is 1.62. The van der Waals surface area contributed by atoms with Gasteiger partial charge in [0.25, 0.3) is 5.91 Å². The maximum atomic E-state index is 12.8. The van der Waals surface area contributed by atoms with Crippen molar-refractivity contribution in [2.45, 2.75) is 65.1 Å². The van der Waals surface area contributed by atoms with Crippen molar-refractivity contribution in [3.63, 3.8) is 0 Å². The van der Waals surface area contributed by atoms with Crippen LogP contribution in [0.25, 0.3) is 0 Å². The van der Waals surface area contributed by atoms with E-state index in [-0.39, 0.29) is 12.0 Å². The Hall–Kier alpha value is -1.30. The summed E-state index contributed by atoms with van der Waals surface area (Å²) in [5.74, 6) is 0.405. The minimum absolute atomic E-state index is 0.113. The molecule has 0 aliphatic heterocycles. The number of rotatable bonds is 12. The summed E-state index contributed by atoms with van der Waals surface area (Å²) >= 11 is 6.29. The van der Waals surface area contributed by atoms with Crippen molar-refractivity contribution >= 4 is 23.2 Å². The zero-order chi connectivity index (χ0) is 19.6. The van der Waals surface area contributed by atoms with E-state index in [0.29, 0.717) is 36.1 Å². The van der Waals surface area contributed by atoms with Crippen LogP contribution in [-0.4, -0.2) is 37.9 Å². The Labute approximate surface area is 162 Å². The largest absolute Gasteiger partial charge is 0.487 e. The van der Waals surface area contributed by atoms with E-state index in [4.69, 9.17) is 25.8 Å². The molecule has 1 N–H and O–H groups in total. The van der Waals surface area contributed by atoms with Crippen molar-refractivity contribution < 1.29 is 19.0 Å². The van der Waals surface area contributed by atoms with Crippen molar-refractivity contribution in [1.82, 2.24) is 0 Å². The molecule has 6 heteroatoms. The number of ether oxygens (including phenoxy) is 3. The summed E-state index contributed by atoms with van der Waals surface area (Å²) in [5, 5.41) is 3.36. The van der Waals surface area contributed by atoms with Crippen molar-refractivity contribution in [2.75, 3.05) is 25.6 Å². The summed E-state index contributed by atoms with van der Waals surface area (Å²) in [6, 6.07) is 5.22. The van der Waals surface area contributed by atoms with E-state index in [0.717, 1.165) is 19.3 Å². The van der Waals surface area contributed by atoms with Crippen LogP contribution in [0.4, 0.5) is 5.69 Å². The molecule has 0 unspecified atom stereocenters. The lowest BCUT2D eigenvalue weighted by atomic mass is 9.97. The number of carbonyl (C=O) groups is 1. The van der Waals surface area contributed by atoms with Gasteiger partial charge in [0.1, 0.15) is 17.5 Å². The molecule has 1 rings (SSSR count). The number of unbranched alkanes of at least 4 members (excludes halogenated alkanes) is 1. The highest BCUT2D eigenvalue weighted by atomic mass is 35.5. The van der Waals surface area contributed by atoms with Crippen LogP contribution < -0.4 is 10.1 Å². The molecule has 1 amide bonds. The highest BCUT2D eigenvalue weighted by molar-refractivity contribution is 6.32. The second-order valence-corrected chi connectivity index (χ2v) is 7.07. The second-order valence-electron chi connectivity index (χ2n) is 6.67. The Balaban J connectivity index is 2.81. The van der Waals surface area contributed by atoms with Crippen LogP contribution in [0.3, 0.4) is 0 Å². The van der Waals surface area contributed by atoms with Crippen LogP contribution in [0.1, 0.15) is 53.4 Å². The van der Waals surface area contributed by atoms with Crippen molar-refractivity contribution in [3.05, 3.63) is 23.2 Å². The van der Waals surface area contributed by atoms with Crippen LogP contribution in [0.5, 0.6) is 5.75 Å². The highest BCUT2D eigenvalue weighted by Crippen LogP contribution is 2.30. The minimum atomic E-state index is -0.847. The summed E-state index contributed by atoms with van der Waals surface area (Å²) < 4.78 is 16.6. The molecule has 1 aromatic carbocycles. The van der Waals surface area contributed by atoms with Gasteiger partial charge < -0.3 is 19.5 Å². The van der Waals surface area contributed by atoms with Crippen molar-refractivity contribution in [3.8, 4) is 5.75 Å². The first-order valence-corrected chi connectivity index (χ1v) is 9.64. The highest BCUT2D eigenvalue weighted by Gasteiger charge is 2.33. The predicted octanol–water partition coefficient (Wildman–Crippen LogP) is 5.07. The van der Waals surface area contributed by atoms with Gasteiger partial charge in [0, 0.05) is 19.4 Å². The lowest BCUT2D eigenvalue weighted by molar-refractivity contribution is -0.140. The van der Waals surface area contributed by atoms with Gasteiger partial charge >= 0.3 is 0 Å². The number of anilines is 1. The van der Waals surface area contributed by atoms with Gasteiger partial charge in [0.15, 0.2) is 0 Å². The molecule has 0 bridgehead atoms. The molecule has 26 heavy (non-hydrogen) atoms. The lowest BCUT2D eigenvalue weighted by Crippen LogP contribution is -2.43. The summed E-state index contributed by atoms with van der Waals surface area (Å²) in [6.07, 6.45) is 3.37. The first-order valence-electron chi connectivity index (χ1n) is 9.26. The SMILES string of the molecule is CCCC[C@](C)(OCCC)C(=O)Nc1ccc(O[C@@H](C)COC)c(Cl)c1. The molecule has 2 atom stereocenters. The third kappa shape index (κ3) is 7.14. The number of amides is 1. The van der Waals surface area contributed by atoms with Gasteiger partial charge in [-0.2, -0.15) is 0 Å². The lowest BCUT2D eigenvalue weighted by Gasteiger charge is -2.28. The van der Waals surface area contributed by atoms with Crippen LogP contribution in [-0.2, 0) is 14.3 Å². The molecule has 0 aliphatic carbocycles. The van der Waals surface area contributed by atoms with Gasteiger partial charge in [-0.15, -0.1) is 0 Å². The molecule has 5 nitrogen and oxygen atoms in total. The monoisotopic (exact) mass is 385 g/mol. The number of methoxy groups -OCH3 is 1. The molecule has 0 radical (unpaired) electrons. The van der Waals surface area contributed by atoms with Crippen LogP contribution in [0.2, 0.25) is 5.02 Å². The normalized spacial score (nSPS) is 14.5. The molecule has 0 fully saturated rings. The van der Waals surface area contributed by atoms with Gasteiger partial charge in [-0.05, 0) is 44.9 Å². The Morgan fingerprint density at radius 1 is 1.31 bits per heavy atom. The maximum Gasteiger partial charge on any atom is 0.256 e. The summed E-state index contributed by atoms with van der Waals surface area (Å²) in [5.41, 5.74) is -0.227. The third-order valence-corrected chi connectivity index (χ3v) is 4.33. The predicted molar refractivity (Wildman–Crippen MR) is 106 cm³/mol. The van der Waals surface area contributed by atoms with E-state index in [2.05, 4.69) is 12.2 Å². The summed E-state index contributed by atoms with van der Waals surface area (Å²) in [6.45, 7) is 8.90. The Morgan fingerprint density at radius 3 is 2.62 bits per heavy atom. The number of hydrogen-bond acceptors (Lipinski definition) is 4. The average molecular weight is 386 g/mol. The van der Waals surface area contributed by atoms with Crippen LogP contribution in [0.15, 0.2) is 18.2 Å². The zero-order valence-corrected chi connectivity index (χ0v) is 17.3. The average Bonchev–Trinajstić information content (AvgIpc) is 2.60. The molecule has 1 aromatic rings. The van der Waals surface area contributed by atoms with E-state index >= 15 is 0 Å². The molecule has 148 valence electrons. The summed E-state index contributed by atoms with van der Waals surface area (Å²) in [4.78, 5) is 12.8. The molecule has 0 spiro atoms.